The molecular weight excluding hydrogens is 1240 g/mol. The van der Waals surface area contributed by atoms with Crippen LogP contribution in [-0.2, 0) is 54.1 Å². The number of carbonyl (C=O) groups excluding carboxylic acids is 4. The van der Waals surface area contributed by atoms with Crippen LogP contribution in [0.2, 0.25) is 10.0 Å². The van der Waals surface area contributed by atoms with E-state index in [-0.39, 0.29) is 33.1 Å². The lowest BCUT2D eigenvalue weighted by molar-refractivity contribution is -0.145. The molecule has 4 amide bonds. The number of carboxylic acid groups (broad SMARTS) is 2. The molecule has 20 heteroatoms. The molecule has 18 nitrogen and oxygen atoms in total. The third kappa shape index (κ3) is 14.5. The lowest BCUT2D eigenvalue weighted by Crippen LogP contribution is -2.46. The van der Waals surface area contributed by atoms with Crippen LogP contribution in [0.25, 0.3) is 0 Å². The predicted octanol–water partition coefficient (Wildman–Crippen LogP) is 11.9. The summed E-state index contributed by atoms with van der Waals surface area (Å²) in [5.74, 6) is -3.26. The number of aliphatic hydroxyl groups is 2. The van der Waals surface area contributed by atoms with E-state index in [9.17, 15) is 49.2 Å². The Morgan fingerprint density at radius 2 is 0.904 bits per heavy atom. The lowest BCUT2D eigenvalue weighted by atomic mass is 9.70. The lowest BCUT2D eigenvalue weighted by Gasteiger charge is -2.41. The molecule has 12 rings (SSSR count). The Balaban J connectivity index is 0.000000192. The van der Waals surface area contributed by atoms with Gasteiger partial charge in [0.05, 0.1) is 48.6 Å². The Hall–Kier alpha value is -8.68. The summed E-state index contributed by atoms with van der Waals surface area (Å²) < 4.78 is 13.2. The highest BCUT2D eigenvalue weighted by Gasteiger charge is 2.47. The first-order chi connectivity index (χ1) is 45.2. The number of rotatable bonds is 6. The maximum absolute atomic E-state index is 14.0. The van der Waals surface area contributed by atoms with Gasteiger partial charge in [0, 0.05) is 85.6 Å². The van der Waals surface area contributed by atoms with Crippen molar-refractivity contribution in [3.8, 4) is 11.5 Å². The van der Waals surface area contributed by atoms with E-state index in [1.807, 2.05) is 24.3 Å². The van der Waals surface area contributed by atoms with Gasteiger partial charge in [-0.2, -0.15) is 0 Å². The molecule has 0 fully saturated rings. The number of nitrogens with one attached hydrogen (secondary N) is 2. The molecule has 6 N–H and O–H groups in total. The molecule has 4 aliphatic heterocycles. The normalized spacial score (nSPS) is 23.9. The third-order valence-corrected chi connectivity index (χ3v) is 19.9. The number of aryl methyl sites for hydroxylation is 2. The number of ether oxygens (including phenoxy) is 2. The van der Waals surface area contributed by atoms with Crippen molar-refractivity contribution in [3.05, 3.63) is 200 Å². The van der Waals surface area contributed by atoms with E-state index >= 15 is 0 Å². The molecule has 6 aromatic carbocycles. The summed E-state index contributed by atoms with van der Waals surface area (Å²) in [5.41, 5.74) is 2.76. The fraction of sp³-hybridized carbons (Fsp3) is 0.378. The Kier molecular flexibility index (Phi) is 20.2. The first-order valence-corrected chi connectivity index (χ1v) is 33.1. The molecule has 2 aliphatic carbocycles. The summed E-state index contributed by atoms with van der Waals surface area (Å²) >= 11 is 12.8. The van der Waals surface area contributed by atoms with Gasteiger partial charge in [0.15, 0.2) is 11.2 Å². The van der Waals surface area contributed by atoms with Gasteiger partial charge in [-0.15, -0.1) is 0 Å². The van der Waals surface area contributed by atoms with Crippen LogP contribution < -0.4 is 29.9 Å². The van der Waals surface area contributed by atoms with Crippen molar-refractivity contribution in [2.24, 2.45) is 0 Å². The molecule has 4 bridgehead atoms. The zero-order chi connectivity index (χ0) is 66.4. The van der Waals surface area contributed by atoms with Gasteiger partial charge in [0.1, 0.15) is 11.5 Å². The van der Waals surface area contributed by atoms with Crippen molar-refractivity contribution in [2.75, 3.05) is 87.0 Å². The number of likely N-dealkylation sites (N-methyl/N-ethyl adjacent to an activating group) is 2. The second-order valence-corrected chi connectivity index (χ2v) is 26.8. The van der Waals surface area contributed by atoms with Crippen molar-refractivity contribution >= 4 is 81.5 Å². The maximum Gasteiger partial charge on any atom is 0.335 e. The van der Waals surface area contributed by atoms with Crippen molar-refractivity contribution in [1.29, 1.82) is 0 Å². The minimum absolute atomic E-state index is 0.0628. The number of allylic oxidation sites excluding steroid dienone is 2. The minimum atomic E-state index is -2.24. The van der Waals surface area contributed by atoms with E-state index < -0.39 is 59.6 Å². The number of halogens is 2. The fourth-order valence-electron chi connectivity index (χ4n) is 14.0. The second kappa shape index (κ2) is 28.5. The topological polar surface area (TPSA) is 239 Å². The number of nitrogens with zero attached hydrogens (tertiary/aromatic N) is 4. The van der Waals surface area contributed by atoms with Crippen molar-refractivity contribution in [2.45, 2.75) is 112 Å². The first-order valence-electron chi connectivity index (χ1n) is 32.3. The van der Waals surface area contributed by atoms with E-state index in [1.54, 1.807) is 50.5 Å². The average Bonchev–Trinajstić information content (AvgIpc) is 1.49. The number of hydrogen-bond acceptors (Lipinski definition) is 12. The number of carbonyl (C=O) groups is 6. The molecule has 0 unspecified atom stereocenters. The Labute approximate surface area is 557 Å². The van der Waals surface area contributed by atoms with Crippen LogP contribution >= 0.6 is 23.2 Å². The predicted molar refractivity (Wildman–Crippen MR) is 363 cm³/mol. The number of hydrogen-bond donors (Lipinski definition) is 6. The summed E-state index contributed by atoms with van der Waals surface area (Å²) in [5, 5.41) is 49.9. The highest BCUT2D eigenvalue weighted by Crippen LogP contribution is 2.48. The summed E-state index contributed by atoms with van der Waals surface area (Å²) in [4.78, 5) is 85.2. The van der Waals surface area contributed by atoms with E-state index in [0.29, 0.717) is 62.3 Å². The zero-order valence-electron chi connectivity index (χ0n) is 53.0. The largest absolute Gasteiger partial charge is 0.490 e. The Bertz CT molecular complexity index is 3670. The van der Waals surface area contributed by atoms with Crippen molar-refractivity contribution < 1.29 is 58.7 Å². The van der Waals surface area contributed by atoms with Gasteiger partial charge in [-0.25, -0.2) is 9.59 Å². The van der Waals surface area contributed by atoms with Crippen molar-refractivity contribution in [3.63, 3.8) is 0 Å². The molecule has 6 aliphatic rings. The number of aromatic carboxylic acids is 2. The Morgan fingerprint density at radius 3 is 1.30 bits per heavy atom. The number of benzene rings is 6. The molecule has 4 atom stereocenters. The van der Waals surface area contributed by atoms with E-state index in [4.69, 9.17) is 32.7 Å². The SMILES string of the molecule is CN1C/C=C/CCCCN2C[C@@]3(CCCc4cc(Cl)ccc43)COc3ccc(cc32)[C@@](O)(C(=O)Nc2ccc(C(=O)O)cc2)CC1=O.CN1C/C=C/CCCCN2C[C@@]3(CCCc4cc(Cl)ccc43)COc3ccc(cc32)[C@](O)(C(=O)Nc2ccc(C(=O)O)cc2)CC1=O. The molecule has 6 aromatic rings. The minimum Gasteiger partial charge on any atom is -0.490 e. The first kappa shape index (κ1) is 66.8. The molecule has 0 saturated heterocycles. The number of amides is 4. The van der Waals surface area contributed by atoms with Gasteiger partial charge in [-0.1, -0.05) is 71.8 Å². The fourth-order valence-corrected chi connectivity index (χ4v) is 14.4. The summed E-state index contributed by atoms with van der Waals surface area (Å²) in [6, 6.07) is 34.1. The second-order valence-electron chi connectivity index (χ2n) is 25.9. The molecular formula is C74H80Cl2N6O12. The third-order valence-electron chi connectivity index (χ3n) is 19.4. The van der Waals surface area contributed by atoms with Crippen LogP contribution in [0.4, 0.5) is 22.7 Å². The van der Waals surface area contributed by atoms with Gasteiger partial charge in [0.2, 0.25) is 11.8 Å². The van der Waals surface area contributed by atoms with Gasteiger partial charge in [-0.05, 0) is 207 Å². The quantitative estimate of drug-likeness (QED) is 0.0851. The zero-order valence-corrected chi connectivity index (χ0v) is 54.5. The van der Waals surface area contributed by atoms with Crippen LogP contribution in [0.5, 0.6) is 11.5 Å². The van der Waals surface area contributed by atoms with Gasteiger partial charge >= 0.3 is 11.9 Å². The van der Waals surface area contributed by atoms with Gasteiger partial charge in [0.25, 0.3) is 11.8 Å². The number of fused-ring (bicyclic) bond motifs is 6. The van der Waals surface area contributed by atoms with Gasteiger partial charge < -0.3 is 60.1 Å². The van der Waals surface area contributed by atoms with Crippen molar-refractivity contribution in [1.82, 2.24) is 9.80 Å². The van der Waals surface area contributed by atoms with Crippen LogP contribution in [0.3, 0.4) is 0 Å². The highest BCUT2D eigenvalue weighted by atomic mass is 35.5. The smallest absolute Gasteiger partial charge is 0.335 e. The van der Waals surface area contributed by atoms with Crippen LogP contribution in [-0.4, -0.2) is 132 Å². The summed E-state index contributed by atoms with van der Waals surface area (Å²) in [6.07, 6.45) is 18.4. The average molecular weight is 1320 g/mol. The van der Waals surface area contributed by atoms with Crippen LogP contribution in [0.15, 0.2) is 146 Å². The molecule has 2 spiro atoms. The molecule has 492 valence electrons. The summed E-state index contributed by atoms with van der Waals surface area (Å²) in [7, 11) is 3.30. The summed E-state index contributed by atoms with van der Waals surface area (Å²) in [6.45, 7) is 4.54. The maximum atomic E-state index is 14.0. The highest BCUT2D eigenvalue weighted by molar-refractivity contribution is 6.31. The van der Waals surface area contributed by atoms with E-state index in [0.717, 1.165) is 112 Å². The number of anilines is 4. The van der Waals surface area contributed by atoms with Gasteiger partial charge in [-0.3, -0.25) is 19.2 Å². The molecule has 0 aromatic heterocycles. The number of carboxylic acids is 2. The monoisotopic (exact) mass is 1310 g/mol. The molecule has 0 radical (unpaired) electrons. The van der Waals surface area contributed by atoms with E-state index in [1.165, 1.54) is 80.6 Å². The molecule has 4 heterocycles. The van der Waals surface area contributed by atoms with Crippen LogP contribution in [0.1, 0.15) is 131 Å². The standard InChI is InChI=1S/2C37H40ClN3O6/c2*1-40-18-5-3-2-4-6-19-41-23-36(17-7-8-26-20-28(38)12-15-30(26)36)24-47-32-16-11-27(21-31(32)41)37(46,22-33(40)42)35(45)39-29-13-9-25(10-14-29)34(43)44/h2*3,5,9-16,20-21,46H,2,4,6-8,17-19,22-24H2,1H3,(H,39,45)(H,43,44)/b2*5-3+/t36-,37+;36-,37-/m00/s1. The molecule has 94 heavy (non-hydrogen) atoms. The van der Waals surface area contributed by atoms with Crippen LogP contribution in [0, 0.1) is 0 Å². The Morgan fingerprint density at radius 1 is 0.500 bits per heavy atom. The van der Waals surface area contributed by atoms with E-state index in [2.05, 4.69) is 56.9 Å². The molecule has 0 saturated carbocycles.